The molecule has 0 N–H and O–H groups in total. The summed E-state index contributed by atoms with van der Waals surface area (Å²) in [6.07, 6.45) is 0. The van der Waals surface area contributed by atoms with Crippen LogP contribution >= 0.6 is 0 Å². The van der Waals surface area contributed by atoms with Crippen LogP contribution < -0.4 is 0 Å². The first-order chi connectivity index (χ1) is 32.2. The molecule has 14 rings (SSSR count). The number of hydrogen-bond acceptors (Lipinski definition) is 5. The van der Waals surface area contributed by atoms with Crippen molar-refractivity contribution in [1.82, 2.24) is 19.5 Å². The van der Waals surface area contributed by atoms with E-state index in [0.717, 1.165) is 99.2 Å². The third kappa shape index (κ3) is 5.51. The lowest BCUT2D eigenvalue weighted by Gasteiger charge is -2.16. The van der Waals surface area contributed by atoms with Gasteiger partial charge >= 0.3 is 0 Å². The van der Waals surface area contributed by atoms with Crippen molar-refractivity contribution in [2.24, 2.45) is 0 Å². The van der Waals surface area contributed by atoms with Gasteiger partial charge in [0.1, 0.15) is 22.3 Å². The number of para-hydroxylation sites is 2. The highest BCUT2D eigenvalue weighted by molar-refractivity contribution is 6.23. The summed E-state index contributed by atoms with van der Waals surface area (Å²) in [6, 6.07) is 72.2. The lowest BCUT2D eigenvalue weighted by Crippen LogP contribution is -2.02. The lowest BCUT2D eigenvalue weighted by molar-refractivity contribution is 0.668. The highest BCUT2D eigenvalue weighted by Gasteiger charge is 2.23. The fourth-order valence-corrected chi connectivity index (χ4v) is 10.0. The highest BCUT2D eigenvalue weighted by atomic mass is 16.3. The fourth-order valence-electron chi connectivity index (χ4n) is 10.0. The van der Waals surface area contributed by atoms with Gasteiger partial charge in [0.25, 0.3) is 0 Å². The number of hydrogen-bond donors (Lipinski definition) is 0. The summed E-state index contributed by atoms with van der Waals surface area (Å²) >= 11 is 0. The topological polar surface area (TPSA) is 69.9 Å². The molecular weight excluding hydrogens is 797 g/mol. The molecule has 0 amide bonds. The van der Waals surface area contributed by atoms with Crippen molar-refractivity contribution >= 4 is 87.2 Å². The molecule has 4 aromatic heterocycles. The van der Waals surface area contributed by atoms with Crippen molar-refractivity contribution in [2.45, 2.75) is 0 Å². The average molecular weight is 831 g/mol. The molecule has 302 valence electrons. The summed E-state index contributed by atoms with van der Waals surface area (Å²) < 4.78 is 15.3. The first-order valence-electron chi connectivity index (χ1n) is 21.8. The van der Waals surface area contributed by atoms with E-state index in [0.29, 0.717) is 17.5 Å². The second-order valence-corrected chi connectivity index (χ2v) is 16.7. The van der Waals surface area contributed by atoms with Gasteiger partial charge in [0.15, 0.2) is 17.5 Å². The lowest BCUT2D eigenvalue weighted by atomic mass is 9.93. The fraction of sp³-hybridized carbons (Fsp3) is 0. The number of fused-ring (bicyclic) bond motifs is 12. The average Bonchev–Trinajstić information content (AvgIpc) is 4.05. The smallest absolute Gasteiger partial charge is 0.164 e. The van der Waals surface area contributed by atoms with E-state index in [-0.39, 0.29) is 0 Å². The van der Waals surface area contributed by atoms with Gasteiger partial charge in [-0.15, -0.1) is 0 Å². The van der Waals surface area contributed by atoms with E-state index in [9.17, 15) is 0 Å². The predicted molar refractivity (Wildman–Crippen MR) is 265 cm³/mol. The Hall–Kier alpha value is -8.87. The van der Waals surface area contributed by atoms with E-state index in [1.54, 1.807) is 0 Å². The Bertz CT molecular complexity index is 4250. The third-order valence-corrected chi connectivity index (χ3v) is 13.0. The Balaban J connectivity index is 1.08. The molecule has 0 fully saturated rings. The summed E-state index contributed by atoms with van der Waals surface area (Å²) in [5.41, 5.74) is 11.2. The van der Waals surface area contributed by atoms with Crippen molar-refractivity contribution in [3.63, 3.8) is 0 Å². The maximum absolute atomic E-state index is 6.69. The minimum atomic E-state index is 0.565. The minimum absolute atomic E-state index is 0.565. The zero-order chi connectivity index (χ0) is 42.6. The molecule has 6 nitrogen and oxygen atoms in total. The molecule has 0 radical (unpaired) electrons. The monoisotopic (exact) mass is 830 g/mol. The Morgan fingerprint density at radius 2 is 0.954 bits per heavy atom. The minimum Gasteiger partial charge on any atom is -0.456 e. The SMILES string of the molecule is c1ccc(-c2nc(-c3ccc4oc5ccccc5c4c3)nc(-c3ccc(-n4c5ccccc5c5cc6ccccc6cc54)cc3-c3cccc4oc5ccc6ccccc6c5c34)n2)cc1. The third-order valence-electron chi connectivity index (χ3n) is 13.0. The van der Waals surface area contributed by atoms with E-state index in [4.69, 9.17) is 23.8 Å². The van der Waals surface area contributed by atoms with Gasteiger partial charge in [0.05, 0.1) is 11.0 Å². The Morgan fingerprint density at radius 3 is 1.83 bits per heavy atom. The van der Waals surface area contributed by atoms with Crippen LogP contribution in [0, 0.1) is 0 Å². The van der Waals surface area contributed by atoms with Gasteiger partial charge in [0.2, 0.25) is 0 Å². The van der Waals surface area contributed by atoms with Gasteiger partial charge in [0, 0.05) is 54.7 Å². The predicted octanol–water partition coefficient (Wildman–Crippen LogP) is 15.7. The molecule has 65 heavy (non-hydrogen) atoms. The van der Waals surface area contributed by atoms with Crippen LogP contribution in [0.4, 0.5) is 0 Å². The zero-order valence-corrected chi connectivity index (χ0v) is 34.7. The molecule has 0 saturated carbocycles. The van der Waals surface area contributed by atoms with Crippen LogP contribution in [0.15, 0.2) is 215 Å². The summed E-state index contributed by atoms with van der Waals surface area (Å²) in [5.74, 6) is 1.73. The number of furan rings is 2. The van der Waals surface area contributed by atoms with Gasteiger partial charge < -0.3 is 13.4 Å². The largest absolute Gasteiger partial charge is 0.456 e. The van der Waals surface area contributed by atoms with Crippen LogP contribution in [-0.2, 0) is 0 Å². The van der Waals surface area contributed by atoms with Crippen LogP contribution in [0.5, 0.6) is 0 Å². The van der Waals surface area contributed by atoms with E-state index < -0.39 is 0 Å². The van der Waals surface area contributed by atoms with E-state index in [2.05, 4.69) is 162 Å². The molecule has 0 bridgehead atoms. The van der Waals surface area contributed by atoms with E-state index in [1.165, 1.54) is 21.5 Å². The van der Waals surface area contributed by atoms with Crippen molar-refractivity contribution in [1.29, 1.82) is 0 Å². The molecule has 14 aromatic rings. The molecule has 0 atom stereocenters. The first kappa shape index (κ1) is 35.7. The van der Waals surface area contributed by atoms with Gasteiger partial charge in [-0.05, 0) is 105 Å². The second-order valence-electron chi connectivity index (χ2n) is 16.7. The Morgan fingerprint density at radius 1 is 0.308 bits per heavy atom. The number of aromatic nitrogens is 4. The second kappa shape index (κ2) is 13.8. The molecule has 0 aliphatic heterocycles. The Kier molecular flexibility index (Phi) is 7.59. The highest BCUT2D eigenvalue weighted by Crippen LogP contribution is 2.45. The van der Waals surface area contributed by atoms with Gasteiger partial charge in [-0.2, -0.15) is 0 Å². The Labute approximate surface area is 371 Å². The standard InChI is InChI=1S/C59H34N4O2/c1-2-14-36(15-3-1)57-60-58(39-26-29-52-48(32-39)43-20-9-11-23-51(43)64-52)62-59(61-57)45-28-27-40(63-49-22-10-8-19-42(49)47-31-37-16-4-5-17-38(37)33-50(47)63)34-46(45)44-21-12-24-53-56(44)55-41-18-7-6-13-35(41)25-30-54(55)65-53/h1-34H. The number of benzene rings is 10. The normalized spacial score (nSPS) is 12.0. The molecule has 6 heteroatoms. The molecule has 0 unspecified atom stereocenters. The van der Waals surface area contributed by atoms with E-state index >= 15 is 0 Å². The molecule has 0 spiro atoms. The molecule has 10 aromatic carbocycles. The van der Waals surface area contributed by atoms with Crippen molar-refractivity contribution in [2.75, 3.05) is 0 Å². The van der Waals surface area contributed by atoms with Crippen molar-refractivity contribution in [3.05, 3.63) is 206 Å². The summed E-state index contributed by atoms with van der Waals surface area (Å²) in [4.78, 5) is 15.9. The molecule has 4 heterocycles. The zero-order valence-electron chi connectivity index (χ0n) is 34.7. The molecular formula is C59H34N4O2. The van der Waals surface area contributed by atoms with Crippen molar-refractivity contribution < 1.29 is 8.83 Å². The summed E-state index contributed by atoms with van der Waals surface area (Å²) in [5, 5.41) is 11.3. The number of rotatable bonds is 5. The van der Waals surface area contributed by atoms with Crippen LogP contribution in [0.1, 0.15) is 0 Å². The van der Waals surface area contributed by atoms with Gasteiger partial charge in [-0.25, -0.2) is 15.0 Å². The molecule has 0 saturated heterocycles. The quantitative estimate of drug-likeness (QED) is 0.173. The van der Waals surface area contributed by atoms with Crippen molar-refractivity contribution in [3.8, 4) is 51.0 Å². The van der Waals surface area contributed by atoms with Crippen LogP contribution in [0.25, 0.3) is 138 Å². The first-order valence-corrected chi connectivity index (χ1v) is 21.8. The van der Waals surface area contributed by atoms with Crippen LogP contribution in [0.3, 0.4) is 0 Å². The van der Waals surface area contributed by atoms with Gasteiger partial charge in [-0.3, -0.25) is 0 Å². The number of nitrogens with zero attached hydrogens (tertiary/aromatic N) is 4. The maximum Gasteiger partial charge on any atom is 0.164 e. The van der Waals surface area contributed by atoms with Gasteiger partial charge in [-0.1, -0.05) is 133 Å². The summed E-state index contributed by atoms with van der Waals surface area (Å²) in [7, 11) is 0. The molecule has 0 aliphatic rings. The molecule has 0 aliphatic carbocycles. The van der Waals surface area contributed by atoms with E-state index in [1.807, 2.05) is 48.5 Å². The summed E-state index contributed by atoms with van der Waals surface area (Å²) in [6.45, 7) is 0. The van der Waals surface area contributed by atoms with Crippen LogP contribution in [-0.4, -0.2) is 19.5 Å². The van der Waals surface area contributed by atoms with Crippen LogP contribution in [0.2, 0.25) is 0 Å². The maximum atomic E-state index is 6.69.